The fourth-order valence-corrected chi connectivity index (χ4v) is 6.10. The first-order valence-corrected chi connectivity index (χ1v) is 16.4. The van der Waals surface area contributed by atoms with Crippen LogP contribution in [0.25, 0.3) is 11.1 Å². The molecule has 10 nitrogen and oxygen atoms in total. The van der Waals surface area contributed by atoms with E-state index in [-0.39, 0.29) is 30.3 Å². The monoisotopic (exact) mass is 639 g/mol. The van der Waals surface area contributed by atoms with Gasteiger partial charge in [0.1, 0.15) is 12.4 Å². The minimum Gasteiger partial charge on any atom is -0.497 e. The number of hydrogen-bond acceptors (Lipinski definition) is 7. The lowest BCUT2D eigenvalue weighted by molar-refractivity contribution is -0.171. The Morgan fingerprint density at radius 1 is 0.867 bits per heavy atom. The lowest BCUT2D eigenvalue weighted by atomic mass is 9.85. The predicted molar refractivity (Wildman–Crippen MR) is 173 cm³/mol. The first-order valence-electron chi connectivity index (χ1n) is 14.9. The molecule has 0 spiro atoms. The summed E-state index contributed by atoms with van der Waals surface area (Å²) in [6, 6.07) is 23.6. The molecule has 3 aromatic carbocycles. The normalized spacial score (nSPS) is 12.5. The fourth-order valence-electron chi connectivity index (χ4n) is 5.00. The van der Waals surface area contributed by atoms with Crippen LogP contribution in [0.3, 0.4) is 0 Å². The summed E-state index contributed by atoms with van der Waals surface area (Å²) < 4.78 is 31.7. The number of sulfonamides is 1. The number of carbonyl (C=O) groups is 2. The lowest BCUT2D eigenvalue weighted by Crippen LogP contribution is -2.50. The van der Waals surface area contributed by atoms with Gasteiger partial charge in [0.05, 0.1) is 24.7 Å². The number of amides is 2. The van der Waals surface area contributed by atoms with Gasteiger partial charge in [-0.15, -0.1) is 0 Å². The van der Waals surface area contributed by atoms with E-state index in [4.69, 9.17) is 4.74 Å². The van der Waals surface area contributed by atoms with Crippen molar-refractivity contribution in [3.63, 3.8) is 0 Å². The molecule has 1 atom stereocenters. The van der Waals surface area contributed by atoms with Crippen LogP contribution in [0.15, 0.2) is 83.8 Å². The molecule has 2 N–H and O–H groups in total. The molecule has 0 saturated carbocycles. The van der Waals surface area contributed by atoms with Crippen molar-refractivity contribution in [2.24, 2.45) is 5.41 Å². The van der Waals surface area contributed by atoms with Crippen LogP contribution in [0.2, 0.25) is 0 Å². The molecule has 0 aliphatic heterocycles. The van der Waals surface area contributed by atoms with E-state index in [1.165, 1.54) is 38.4 Å². The number of methoxy groups -OCH3 is 1. The predicted octanol–water partition coefficient (Wildman–Crippen LogP) is 4.81. The molecule has 45 heavy (non-hydrogen) atoms. The van der Waals surface area contributed by atoms with E-state index >= 15 is 0 Å². The molecule has 0 bridgehead atoms. The lowest BCUT2D eigenvalue weighted by Gasteiger charge is -2.39. The van der Waals surface area contributed by atoms with Gasteiger partial charge < -0.3 is 14.7 Å². The number of hydrogen-bond donors (Lipinski definition) is 2. The highest BCUT2D eigenvalue weighted by Crippen LogP contribution is 2.26. The van der Waals surface area contributed by atoms with E-state index in [1.54, 1.807) is 4.90 Å². The molecule has 0 aromatic heterocycles. The summed E-state index contributed by atoms with van der Waals surface area (Å²) in [5, 5.41) is 20.9. The highest BCUT2D eigenvalue weighted by atomic mass is 32.2. The van der Waals surface area contributed by atoms with Crippen molar-refractivity contribution < 1.29 is 33.1 Å². The average Bonchev–Trinajstić information content (AvgIpc) is 3.03. The van der Waals surface area contributed by atoms with Gasteiger partial charge in [-0.3, -0.25) is 14.8 Å². The largest absolute Gasteiger partial charge is 0.497 e. The third kappa shape index (κ3) is 9.86. The van der Waals surface area contributed by atoms with Gasteiger partial charge in [-0.2, -0.15) is 4.31 Å². The molecular formula is C34H45N3O7S. The van der Waals surface area contributed by atoms with Gasteiger partial charge in [-0.05, 0) is 59.2 Å². The standard InChI is InChI=1S/C34H45N3O7S/c1-34(2,3)31(24-38)36(23-9-10-26-13-15-28(16-14-26)27-11-7-6-8-12-27)32(39)21-22-33(40)37(41)25-35(4)45(42,43)30-19-17-29(44-5)18-20-30/h6-8,11-20,31,38,41H,9-10,21-25H2,1-5H3/t31-/m1/s1. The SMILES string of the molecule is COc1ccc(S(=O)(=O)N(C)CN(O)C(=O)CCC(=O)N(CCCc2ccc(-c3ccccc3)cc2)[C@H](CO)C(C)(C)C)cc1. The Morgan fingerprint density at radius 3 is 2.00 bits per heavy atom. The quantitative estimate of drug-likeness (QED) is 0.139. The van der Waals surface area contributed by atoms with E-state index in [2.05, 4.69) is 36.4 Å². The van der Waals surface area contributed by atoms with Crippen LogP contribution in [0.1, 0.15) is 45.6 Å². The van der Waals surface area contributed by atoms with Crippen LogP contribution in [0, 0.1) is 5.41 Å². The zero-order valence-electron chi connectivity index (χ0n) is 26.7. The first-order chi connectivity index (χ1) is 21.3. The summed E-state index contributed by atoms with van der Waals surface area (Å²) in [4.78, 5) is 27.8. The van der Waals surface area contributed by atoms with E-state index in [0.717, 1.165) is 27.4 Å². The fraction of sp³-hybridized carbons (Fsp3) is 0.412. The van der Waals surface area contributed by atoms with Gasteiger partial charge in [-0.1, -0.05) is 75.4 Å². The second-order valence-corrected chi connectivity index (χ2v) is 14.1. The number of benzene rings is 3. The smallest absolute Gasteiger partial charge is 0.247 e. The molecule has 0 fully saturated rings. The first kappa shape index (κ1) is 35.7. The number of aliphatic hydroxyl groups excluding tert-OH is 1. The minimum atomic E-state index is -4.00. The summed E-state index contributed by atoms with van der Waals surface area (Å²) in [5.41, 5.74) is 2.96. The molecule has 2 amide bonds. The van der Waals surface area contributed by atoms with Gasteiger partial charge in [0.2, 0.25) is 21.8 Å². The van der Waals surface area contributed by atoms with E-state index < -0.39 is 34.1 Å². The molecule has 3 rings (SSSR count). The Bertz CT molecular complexity index is 1490. The summed E-state index contributed by atoms with van der Waals surface area (Å²) in [7, 11) is -1.29. The Hall–Kier alpha value is -3.77. The van der Waals surface area contributed by atoms with E-state index in [9.17, 15) is 28.3 Å². The van der Waals surface area contributed by atoms with Crippen molar-refractivity contribution in [2.75, 3.05) is 34.0 Å². The Morgan fingerprint density at radius 2 is 1.44 bits per heavy atom. The molecule has 0 unspecified atom stereocenters. The number of rotatable bonds is 15. The summed E-state index contributed by atoms with van der Waals surface area (Å²) >= 11 is 0. The molecule has 0 heterocycles. The van der Waals surface area contributed by atoms with Crippen molar-refractivity contribution in [3.05, 3.63) is 84.4 Å². The van der Waals surface area contributed by atoms with Crippen molar-refractivity contribution in [2.45, 2.75) is 57.4 Å². The van der Waals surface area contributed by atoms with Crippen LogP contribution in [0.5, 0.6) is 5.75 Å². The maximum Gasteiger partial charge on any atom is 0.247 e. The van der Waals surface area contributed by atoms with Crippen molar-refractivity contribution in [1.82, 2.24) is 14.3 Å². The van der Waals surface area contributed by atoms with Crippen molar-refractivity contribution in [3.8, 4) is 16.9 Å². The Kier molecular flexibility index (Phi) is 12.7. The van der Waals surface area contributed by atoms with Crippen molar-refractivity contribution in [1.29, 1.82) is 0 Å². The van der Waals surface area contributed by atoms with E-state index in [1.807, 2.05) is 39.0 Å². The van der Waals surface area contributed by atoms with Gasteiger partial charge in [0.15, 0.2) is 0 Å². The van der Waals surface area contributed by atoms with Crippen LogP contribution in [-0.2, 0) is 26.0 Å². The highest BCUT2D eigenvalue weighted by molar-refractivity contribution is 7.89. The minimum absolute atomic E-state index is 0.0261. The second kappa shape index (κ2) is 16.0. The van der Waals surface area contributed by atoms with Crippen LogP contribution in [-0.4, -0.2) is 84.8 Å². The molecule has 244 valence electrons. The Balaban J connectivity index is 1.59. The molecule has 0 aliphatic carbocycles. The number of aliphatic hydroxyl groups is 1. The van der Waals surface area contributed by atoms with Gasteiger partial charge in [0, 0.05) is 26.4 Å². The number of ether oxygens (including phenoxy) is 1. The molecular weight excluding hydrogens is 594 g/mol. The number of aryl methyl sites for hydroxylation is 1. The highest BCUT2D eigenvalue weighted by Gasteiger charge is 2.33. The topological polar surface area (TPSA) is 128 Å². The molecule has 11 heteroatoms. The third-order valence-electron chi connectivity index (χ3n) is 7.74. The maximum absolute atomic E-state index is 13.4. The summed E-state index contributed by atoms with van der Waals surface area (Å²) in [6.45, 7) is 5.34. The zero-order valence-corrected chi connectivity index (χ0v) is 27.5. The summed E-state index contributed by atoms with van der Waals surface area (Å²) in [6.07, 6.45) is 0.839. The maximum atomic E-state index is 13.4. The van der Waals surface area contributed by atoms with Crippen LogP contribution < -0.4 is 4.74 Å². The van der Waals surface area contributed by atoms with E-state index in [0.29, 0.717) is 23.8 Å². The molecule has 0 radical (unpaired) electrons. The molecule has 3 aromatic rings. The average molecular weight is 640 g/mol. The van der Waals surface area contributed by atoms with Gasteiger partial charge in [0.25, 0.3) is 0 Å². The third-order valence-corrected chi connectivity index (χ3v) is 9.54. The molecule has 0 saturated heterocycles. The zero-order chi connectivity index (χ0) is 33.2. The second-order valence-electron chi connectivity index (χ2n) is 12.0. The number of nitrogens with zero attached hydrogens (tertiary/aromatic N) is 3. The van der Waals surface area contributed by atoms with Gasteiger partial charge >= 0.3 is 0 Å². The summed E-state index contributed by atoms with van der Waals surface area (Å²) in [5.74, 6) is -0.638. The van der Waals surface area contributed by atoms with Crippen LogP contribution in [0.4, 0.5) is 0 Å². The van der Waals surface area contributed by atoms with Gasteiger partial charge in [-0.25, -0.2) is 13.5 Å². The number of carbonyl (C=O) groups excluding carboxylic acids is 2. The molecule has 0 aliphatic rings. The number of hydroxylamine groups is 2. The van der Waals surface area contributed by atoms with Crippen LogP contribution >= 0.6 is 0 Å². The van der Waals surface area contributed by atoms with Crippen molar-refractivity contribution >= 4 is 21.8 Å². The Labute approximate surface area is 266 Å².